The quantitative estimate of drug-likeness (QED) is 0.561. The lowest BCUT2D eigenvalue weighted by Crippen LogP contribution is -2.37. The van der Waals surface area contributed by atoms with Crippen molar-refractivity contribution in [1.29, 1.82) is 0 Å². The molecule has 6 nitrogen and oxygen atoms in total. The van der Waals surface area contributed by atoms with Gasteiger partial charge in [0.05, 0.1) is 0 Å². The van der Waals surface area contributed by atoms with Gasteiger partial charge in [-0.1, -0.05) is 31.0 Å². The van der Waals surface area contributed by atoms with Crippen molar-refractivity contribution in [2.24, 2.45) is 7.05 Å². The number of likely N-dealkylation sites (tertiary alicyclic amines) is 1. The Morgan fingerprint density at radius 1 is 1.06 bits per heavy atom. The third-order valence-corrected chi connectivity index (χ3v) is 6.20. The minimum Gasteiger partial charge on any atom is -0.444 e. The van der Waals surface area contributed by atoms with Crippen molar-refractivity contribution in [2.45, 2.75) is 77.2 Å². The summed E-state index contributed by atoms with van der Waals surface area (Å²) in [6.45, 7) is 7.89. The Kier molecular flexibility index (Phi) is 8.21. The Morgan fingerprint density at radius 2 is 1.75 bits per heavy atom. The number of hydrogen-bond donors (Lipinski definition) is 1. The highest BCUT2D eigenvalue weighted by molar-refractivity contribution is 5.84. The number of fused-ring (bicyclic) bond motifs is 1. The lowest BCUT2D eigenvalue weighted by atomic mass is 9.89. The number of aromatic nitrogens is 1. The molecule has 0 radical (unpaired) electrons. The Labute approximate surface area is 192 Å². The SMILES string of the molecule is Cn1cc(C2CCN(C(=O)CCCCCCNC(=O)OC(C)(C)C)CC2)c2ccccc21. The number of unbranched alkanes of at least 4 members (excludes halogenated alkanes) is 3. The molecule has 2 aromatic rings. The molecule has 176 valence electrons. The average Bonchev–Trinajstić information content (AvgIpc) is 3.08. The molecule has 1 saturated heterocycles. The van der Waals surface area contributed by atoms with Gasteiger partial charge in [0, 0.05) is 50.2 Å². The summed E-state index contributed by atoms with van der Waals surface area (Å²) in [5.74, 6) is 0.816. The van der Waals surface area contributed by atoms with Crippen LogP contribution in [0.3, 0.4) is 0 Å². The van der Waals surface area contributed by atoms with Crippen molar-refractivity contribution in [3.8, 4) is 0 Å². The van der Waals surface area contributed by atoms with E-state index in [1.807, 2.05) is 25.7 Å². The zero-order chi connectivity index (χ0) is 23.1. The van der Waals surface area contributed by atoms with Gasteiger partial charge in [-0.3, -0.25) is 4.79 Å². The second-order valence-corrected chi connectivity index (χ2v) is 9.96. The van der Waals surface area contributed by atoms with Crippen LogP contribution in [0.25, 0.3) is 10.9 Å². The molecule has 32 heavy (non-hydrogen) atoms. The molecule has 1 aromatic carbocycles. The van der Waals surface area contributed by atoms with Crippen molar-refractivity contribution in [3.63, 3.8) is 0 Å². The molecule has 1 aromatic heterocycles. The average molecular weight is 442 g/mol. The zero-order valence-electron chi connectivity index (χ0n) is 20.2. The highest BCUT2D eigenvalue weighted by Gasteiger charge is 2.25. The number of ether oxygens (including phenoxy) is 1. The van der Waals surface area contributed by atoms with Crippen LogP contribution in [0.15, 0.2) is 30.5 Å². The number of para-hydroxylation sites is 1. The van der Waals surface area contributed by atoms with Crippen LogP contribution in [0, 0.1) is 0 Å². The predicted octanol–water partition coefficient (Wildman–Crippen LogP) is 5.36. The molecular weight excluding hydrogens is 402 g/mol. The highest BCUT2D eigenvalue weighted by atomic mass is 16.6. The number of alkyl carbamates (subject to hydrolysis) is 1. The van der Waals surface area contributed by atoms with E-state index in [1.54, 1.807) is 0 Å². The summed E-state index contributed by atoms with van der Waals surface area (Å²) < 4.78 is 7.43. The molecule has 0 bridgehead atoms. The lowest BCUT2D eigenvalue weighted by Gasteiger charge is -2.32. The molecule has 0 unspecified atom stereocenters. The molecule has 3 rings (SSSR count). The highest BCUT2D eigenvalue weighted by Crippen LogP contribution is 2.34. The minimum atomic E-state index is -0.464. The van der Waals surface area contributed by atoms with Gasteiger partial charge >= 0.3 is 6.09 Å². The first-order valence-corrected chi connectivity index (χ1v) is 12.0. The number of aryl methyl sites for hydroxylation is 1. The van der Waals surface area contributed by atoms with E-state index in [4.69, 9.17) is 4.74 Å². The molecule has 1 aliphatic rings. The molecule has 2 amide bonds. The van der Waals surface area contributed by atoms with Gasteiger partial charge in [0.2, 0.25) is 5.91 Å². The smallest absolute Gasteiger partial charge is 0.407 e. The molecule has 2 heterocycles. The third kappa shape index (κ3) is 6.75. The number of nitrogens with one attached hydrogen (secondary N) is 1. The summed E-state index contributed by atoms with van der Waals surface area (Å²) in [6, 6.07) is 8.58. The van der Waals surface area contributed by atoms with Crippen molar-refractivity contribution in [3.05, 3.63) is 36.0 Å². The minimum absolute atomic E-state index is 0.285. The number of benzene rings is 1. The maximum atomic E-state index is 12.6. The van der Waals surface area contributed by atoms with Crippen molar-refractivity contribution >= 4 is 22.9 Å². The van der Waals surface area contributed by atoms with Gasteiger partial charge in [0.25, 0.3) is 0 Å². The number of rotatable bonds is 8. The molecule has 0 saturated carbocycles. The van der Waals surface area contributed by atoms with Gasteiger partial charge in [-0.25, -0.2) is 4.79 Å². The first-order chi connectivity index (χ1) is 15.2. The van der Waals surface area contributed by atoms with Crippen LogP contribution in [0.1, 0.15) is 77.2 Å². The Bertz CT molecular complexity index is 905. The Hall–Kier alpha value is -2.50. The summed E-state index contributed by atoms with van der Waals surface area (Å²) in [5, 5.41) is 4.13. The van der Waals surface area contributed by atoms with E-state index in [0.717, 1.165) is 51.6 Å². The largest absolute Gasteiger partial charge is 0.444 e. The molecular formula is C26H39N3O3. The summed E-state index contributed by atoms with van der Waals surface area (Å²) in [6.07, 6.45) is 8.44. The molecule has 0 aliphatic carbocycles. The normalized spacial score (nSPS) is 15.2. The number of nitrogens with zero attached hydrogens (tertiary/aromatic N) is 2. The second-order valence-electron chi connectivity index (χ2n) is 9.96. The summed E-state index contributed by atoms with van der Waals surface area (Å²) in [5.41, 5.74) is 2.24. The third-order valence-electron chi connectivity index (χ3n) is 6.20. The fourth-order valence-corrected chi connectivity index (χ4v) is 4.56. The van der Waals surface area contributed by atoms with Crippen molar-refractivity contribution in [1.82, 2.24) is 14.8 Å². The molecule has 1 aliphatic heterocycles. The number of carbonyl (C=O) groups is 2. The summed E-state index contributed by atoms with van der Waals surface area (Å²) in [7, 11) is 2.11. The fourth-order valence-electron chi connectivity index (χ4n) is 4.56. The standard InChI is InChI=1S/C26H39N3O3/c1-26(2,3)32-25(31)27-16-10-6-5-7-13-24(30)29-17-14-20(15-18-29)22-19-28(4)23-12-9-8-11-21(22)23/h8-9,11-12,19-20H,5-7,10,13-18H2,1-4H3,(H,27,31). The van der Waals surface area contributed by atoms with E-state index in [1.165, 1.54) is 16.5 Å². The first kappa shape index (κ1) is 24.1. The van der Waals surface area contributed by atoms with Crippen LogP contribution in [0.5, 0.6) is 0 Å². The van der Waals surface area contributed by atoms with E-state index in [0.29, 0.717) is 18.9 Å². The van der Waals surface area contributed by atoms with E-state index < -0.39 is 5.60 Å². The number of carbonyl (C=O) groups excluding carboxylic acids is 2. The van der Waals surface area contributed by atoms with Crippen LogP contribution in [0.2, 0.25) is 0 Å². The van der Waals surface area contributed by atoms with Crippen LogP contribution in [-0.4, -0.2) is 46.7 Å². The van der Waals surface area contributed by atoms with Gasteiger partial charge in [-0.15, -0.1) is 0 Å². The lowest BCUT2D eigenvalue weighted by molar-refractivity contribution is -0.132. The summed E-state index contributed by atoms with van der Waals surface area (Å²) >= 11 is 0. The van der Waals surface area contributed by atoms with Crippen molar-refractivity contribution < 1.29 is 14.3 Å². The van der Waals surface area contributed by atoms with Gasteiger partial charge in [-0.2, -0.15) is 0 Å². The van der Waals surface area contributed by atoms with Crippen LogP contribution < -0.4 is 5.32 Å². The monoisotopic (exact) mass is 441 g/mol. The molecule has 1 fully saturated rings. The van der Waals surface area contributed by atoms with Gasteiger partial charge in [-0.05, 0) is 64.0 Å². The van der Waals surface area contributed by atoms with Crippen LogP contribution in [0.4, 0.5) is 4.79 Å². The van der Waals surface area contributed by atoms with Crippen molar-refractivity contribution in [2.75, 3.05) is 19.6 Å². The van der Waals surface area contributed by atoms with Gasteiger partial charge in [0.1, 0.15) is 5.60 Å². The maximum absolute atomic E-state index is 12.6. The predicted molar refractivity (Wildman–Crippen MR) is 129 cm³/mol. The number of piperidine rings is 1. The van der Waals surface area contributed by atoms with Gasteiger partial charge < -0.3 is 19.5 Å². The fraction of sp³-hybridized carbons (Fsp3) is 0.615. The van der Waals surface area contributed by atoms with Crippen LogP contribution >= 0.6 is 0 Å². The topological polar surface area (TPSA) is 63.6 Å². The van der Waals surface area contributed by atoms with Crippen LogP contribution in [-0.2, 0) is 16.6 Å². The first-order valence-electron chi connectivity index (χ1n) is 12.0. The second kappa shape index (κ2) is 10.9. The molecule has 0 spiro atoms. The van der Waals surface area contributed by atoms with E-state index >= 15 is 0 Å². The molecule has 1 N–H and O–H groups in total. The molecule has 6 heteroatoms. The summed E-state index contributed by atoms with van der Waals surface area (Å²) in [4.78, 5) is 26.3. The Morgan fingerprint density at radius 3 is 2.47 bits per heavy atom. The van der Waals surface area contributed by atoms with E-state index in [9.17, 15) is 9.59 Å². The van der Waals surface area contributed by atoms with E-state index in [-0.39, 0.29) is 12.0 Å². The maximum Gasteiger partial charge on any atom is 0.407 e. The Balaban J connectivity index is 1.31. The van der Waals surface area contributed by atoms with E-state index in [2.05, 4.69) is 47.4 Å². The molecule has 0 atom stereocenters. The number of amides is 2. The zero-order valence-corrected chi connectivity index (χ0v) is 20.2. The van der Waals surface area contributed by atoms with Gasteiger partial charge in [0.15, 0.2) is 0 Å². The number of hydrogen-bond acceptors (Lipinski definition) is 3.